The summed E-state index contributed by atoms with van der Waals surface area (Å²) in [5.41, 5.74) is 1.82. The van der Waals surface area contributed by atoms with Crippen LogP contribution in [0.3, 0.4) is 0 Å². The maximum Gasteiger partial charge on any atom is 0.246 e. The van der Waals surface area contributed by atoms with Crippen molar-refractivity contribution < 1.29 is 4.52 Å². The first-order valence-corrected chi connectivity index (χ1v) is 7.08. The van der Waals surface area contributed by atoms with Crippen LogP contribution in [0.4, 0.5) is 0 Å². The topological polar surface area (TPSA) is 56.7 Å². The Morgan fingerprint density at radius 1 is 1.30 bits per heavy atom. The molecule has 0 radical (unpaired) electrons. The summed E-state index contributed by atoms with van der Waals surface area (Å²) in [5, 5.41) is 4.46. The lowest BCUT2D eigenvalue weighted by molar-refractivity contribution is 0.367. The highest BCUT2D eigenvalue weighted by molar-refractivity contribution is 6.31. The molecule has 2 aromatic heterocycles. The van der Waals surface area contributed by atoms with Gasteiger partial charge in [0.05, 0.1) is 11.0 Å². The molecule has 5 nitrogen and oxygen atoms in total. The molecule has 2 heterocycles. The maximum atomic E-state index is 6.00. The normalized spacial score (nSPS) is 11.3. The van der Waals surface area contributed by atoms with Gasteiger partial charge in [-0.2, -0.15) is 4.98 Å². The van der Waals surface area contributed by atoms with E-state index < -0.39 is 0 Å². The second-order valence-corrected chi connectivity index (χ2v) is 5.24. The molecule has 0 unspecified atom stereocenters. The zero-order chi connectivity index (χ0) is 14.1. The fourth-order valence-corrected chi connectivity index (χ4v) is 2.48. The van der Waals surface area contributed by atoms with Crippen LogP contribution in [-0.4, -0.2) is 25.6 Å². The van der Waals surface area contributed by atoms with E-state index in [-0.39, 0.29) is 0 Å². The SMILES string of the molecule is Cc1noc(Cn2c(CCCl)nc3cc(Cl)ccc32)n1. The second kappa shape index (κ2) is 5.42. The fourth-order valence-electron chi connectivity index (χ4n) is 2.14. The monoisotopic (exact) mass is 310 g/mol. The van der Waals surface area contributed by atoms with Crippen molar-refractivity contribution in [3.8, 4) is 0 Å². The molecular weight excluding hydrogens is 299 g/mol. The summed E-state index contributed by atoms with van der Waals surface area (Å²) in [5.74, 6) is 2.55. The van der Waals surface area contributed by atoms with Crippen molar-refractivity contribution in [3.63, 3.8) is 0 Å². The summed E-state index contributed by atoms with van der Waals surface area (Å²) in [4.78, 5) is 8.80. The third-order valence-corrected chi connectivity index (χ3v) is 3.39. The molecule has 0 N–H and O–H groups in total. The number of aryl methyl sites for hydroxylation is 2. The number of fused-ring (bicyclic) bond motifs is 1. The van der Waals surface area contributed by atoms with Crippen LogP contribution in [0.5, 0.6) is 0 Å². The van der Waals surface area contributed by atoms with E-state index in [1.54, 1.807) is 6.92 Å². The molecule has 0 aliphatic heterocycles. The van der Waals surface area contributed by atoms with Crippen molar-refractivity contribution in [2.75, 3.05) is 5.88 Å². The molecule has 7 heteroatoms. The molecule has 0 aliphatic carbocycles. The van der Waals surface area contributed by atoms with Gasteiger partial charge in [0.1, 0.15) is 12.4 Å². The van der Waals surface area contributed by atoms with E-state index >= 15 is 0 Å². The third kappa shape index (κ3) is 2.51. The molecule has 0 atom stereocenters. The lowest BCUT2D eigenvalue weighted by atomic mass is 10.3. The highest BCUT2D eigenvalue weighted by Gasteiger charge is 2.13. The van der Waals surface area contributed by atoms with Gasteiger partial charge < -0.3 is 9.09 Å². The van der Waals surface area contributed by atoms with Crippen LogP contribution < -0.4 is 0 Å². The van der Waals surface area contributed by atoms with E-state index in [9.17, 15) is 0 Å². The molecule has 3 aromatic rings. The number of nitrogens with zero attached hydrogens (tertiary/aromatic N) is 4. The molecule has 1 aromatic carbocycles. The predicted molar refractivity (Wildman–Crippen MR) is 77.3 cm³/mol. The molecule has 3 rings (SSSR count). The van der Waals surface area contributed by atoms with Crippen LogP contribution in [0, 0.1) is 6.92 Å². The second-order valence-electron chi connectivity index (χ2n) is 4.42. The molecule has 0 bridgehead atoms. The minimum Gasteiger partial charge on any atom is -0.337 e. The molecule has 0 saturated heterocycles. The Balaban J connectivity index is 2.08. The average Bonchev–Trinajstić information content (AvgIpc) is 2.95. The van der Waals surface area contributed by atoms with E-state index in [1.165, 1.54) is 0 Å². The summed E-state index contributed by atoms with van der Waals surface area (Å²) in [6.45, 7) is 2.27. The van der Waals surface area contributed by atoms with Crippen LogP contribution in [0.2, 0.25) is 5.02 Å². The molecular formula is C13H12Cl2N4O. The minimum atomic E-state index is 0.477. The van der Waals surface area contributed by atoms with Gasteiger partial charge in [-0.15, -0.1) is 11.6 Å². The standard InChI is InChI=1S/C13H12Cl2N4O/c1-8-16-13(20-18-8)7-19-11-3-2-9(15)6-10(11)17-12(19)4-5-14/h2-3,6H,4-5,7H2,1H3. The Hall–Kier alpha value is -1.59. The Morgan fingerprint density at radius 2 is 2.15 bits per heavy atom. The largest absolute Gasteiger partial charge is 0.337 e. The zero-order valence-electron chi connectivity index (χ0n) is 10.8. The first kappa shape index (κ1) is 13.4. The summed E-state index contributed by atoms with van der Waals surface area (Å²) in [6, 6.07) is 5.61. The molecule has 0 saturated carbocycles. The van der Waals surface area contributed by atoms with Crippen molar-refractivity contribution in [1.82, 2.24) is 19.7 Å². The number of imidazole rings is 1. The zero-order valence-corrected chi connectivity index (χ0v) is 12.3. The maximum absolute atomic E-state index is 6.00. The van der Waals surface area contributed by atoms with Gasteiger partial charge in [-0.1, -0.05) is 16.8 Å². The number of hydrogen-bond acceptors (Lipinski definition) is 4. The van der Waals surface area contributed by atoms with Crippen molar-refractivity contribution in [2.45, 2.75) is 19.9 Å². The smallest absolute Gasteiger partial charge is 0.246 e. The average molecular weight is 311 g/mol. The Labute approximate surface area is 125 Å². The van der Waals surface area contributed by atoms with Crippen molar-refractivity contribution in [1.29, 1.82) is 0 Å². The lowest BCUT2D eigenvalue weighted by Crippen LogP contribution is -2.06. The van der Waals surface area contributed by atoms with Gasteiger partial charge in [-0.3, -0.25) is 0 Å². The molecule has 104 valence electrons. The first-order valence-electron chi connectivity index (χ1n) is 6.17. The predicted octanol–water partition coefficient (Wildman–Crippen LogP) is 3.21. The highest BCUT2D eigenvalue weighted by atomic mass is 35.5. The van der Waals surface area contributed by atoms with Crippen LogP contribution in [0.15, 0.2) is 22.7 Å². The van der Waals surface area contributed by atoms with Crippen LogP contribution in [0.25, 0.3) is 11.0 Å². The van der Waals surface area contributed by atoms with Gasteiger partial charge in [-0.05, 0) is 25.1 Å². The lowest BCUT2D eigenvalue weighted by Gasteiger charge is -2.05. The van der Waals surface area contributed by atoms with Crippen molar-refractivity contribution >= 4 is 34.2 Å². The Morgan fingerprint density at radius 3 is 2.85 bits per heavy atom. The van der Waals surface area contributed by atoms with Gasteiger partial charge in [-0.25, -0.2) is 4.98 Å². The molecule has 0 aliphatic rings. The number of aromatic nitrogens is 4. The van der Waals surface area contributed by atoms with Gasteiger partial charge >= 0.3 is 0 Å². The van der Waals surface area contributed by atoms with E-state index in [0.29, 0.717) is 35.6 Å². The summed E-state index contributed by atoms with van der Waals surface area (Å²) < 4.78 is 7.20. The van der Waals surface area contributed by atoms with Crippen LogP contribution in [-0.2, 0) is 13.0 Å². The number of alkyl halides is 1. The third-order valence-electron chi connectivity index (χ3n) is 2.97. The molecule has 0 fully saturated rings. The molecule has 0 spiro atoms. The van der Waals surface area contributed by atoms with Gasteiger partial charge in [0.15, 0.2) is 5.82 Å². The summed E-state index contributed by atoms with van der Waals surface area (Å²) in [6.07, 6.45) is 0.668. The van der Waals surface area contributed by atoms with Gasteiger partial charge in [0, 0.05) is 17.3 Å². The van der Waals surface area contributed by atoms with Crippen molar-refractivity contribution in [3.05, 3.63) is 40.8 Å². The van der Waals surface area contributed by atoms with Crippen LogP contribution in [0.1, 0.15) is 17.5 Å². The first-order chi connectivity index (χ1) is 9.67. The van der Waals surface area contributed by atoms with Gasteiger partial charge in [0.2, 0.25) is 5.89 Å². The van der Waals surface area contributed by atoms with E-state index in [1.807, 2.05) is 22.8 Å². The Bertz CT molecular complexity index is 750. The van der Waals surface area contributed by atoms with Crippen molar-refractivity contribution in [2.24, 2.45) is 0 Å². The van der Waals surface area contributed by atoms with E-state index in [0.717, 1.165) is 16.9 Å². The van der Waals surface area contributed by atoms with E-state index in [4.69, 9.17) is 27.7 Å². The number of hydrogen-bond donors (Lipinski definition) is 0. The molecule has 0 amide bonds. The highest BCUT2D eigenvalue weighted by Crippen LogP contribution is 2.22. The fraction of sp³-hybridized carbons (Fsp3) is 0.308. The Kier molecular flexibility index (Phi) is 3.63. The van der Waals surface area contributed by atoms with Gasteiger partial charge in [0.25, 0.3) is 0 Å². The van der Waals surface area contributed by atoms with E-state index in [2.05, 4.69) is 15.1 Å². The number of halogens is 2. The quantitative estimate of drug-likeness (QED) is 0.694. The summed E-state index contributed by atoms with van der Waals surface area (Å²) >= 11 is 11.8. The number of rotatable bonds is 4. The minimum absolute atomic E-state index is 0.477. The molecule has 20 heavy (non-hydrogen) atoms. The summed E-state index contributed by atoms with van der Waals surface area (Å²) in [7, 11) is 0. The van der Waals surface area contributed by atoms with Crippen LogP contribution >= 0.6 is 23.2 Å². The number of benzene rings is 1.